The molecule has 0 fully saturated rings. The van der Waals surface area contributed by atoms with Crippen molar-refractivity contribution in [1.29, 1.82) is 0 Å². The van der Waals surface area contributed by atoms with E-state index in [2.05, 4.69) is 20.4 Å². The van der Waals surface area contributed by atoms with E-state index in [0.29, 0.717) is 5.82 Å². The van der Waals surface area contributed by atoms with Gasteiger partial charge in [0.25, 0.3) is 0 Å². The fraction of sp³-hybridized carbons (Fsp3) is 0.294. The summed E-state index contributed by atoms with van der Waals surface area (Å²) in [4.78, 5) is 21.1. The van der Waals surface area contributed by atoms with Crippen LogP contribution in [-0.2, 0) is 4.79 Å². The Kier molecular flexibility index (Phi) is 4.80. The molecule has 0 aliphatic heterocycles. The van der Waals surface area contributed by atoms with Gasteiger partial charge in [-0.3, -0.25) is 4.79 Å². The van der Waals surface area contributed by atoms with E-state index >= 15 is 0 Å². The van der Waals surface area contributed by atoms with Gasteiger partial charge in [-0.05, 0) is 26.8 Å². The van der Waals surface area contributed by atoms with Gasteiger partial charge in [-0.15, -0.1) is 0 Å². The Morgan fingerprint density at radius 2 is 1.96 bits per heavy atom. The molecule has 3 rings (SSSR count). The van der Waals surface area contributed by atoms with E-state index in [4.69, 9.17) is 0 Å². The number of hydrogen-bond donors (Lipinski definition) is 1. The lowest BCUT2D eigenvalue weighted by Gasteiger charge is -2.15. The molecule has 1 amide bonds. The van der Waals surface area contributed by atoms with Crippen LogP contribution in [-0.4, -0.2) is 30.9 Å². The summed E-state index contributed by atoms with van der Waals surface area (Å²) in [7, 11) is 0. The summed E-state index contributed by atoms with van der Waals surface area (Å²) in [5, 5.41) is 8.63. The molecule has 2 heterocycles. The van der Waals surface area contributed by atoms with Gasteiger partial charge in [0, 0.05) is 17.5 Å². The molecule has 2 aromatic heterocycles. The highest BCUT2D eigenvalue weighted by Crippen LogP contribution is 2.28. The number of aromatic nitrogens is 4. The highest BCUT2D eigenvalue weighted by atomic mass is 32.2. The quantitative estimate of drug-likeness (QED) is 0.568. The smallest absolute Gasteiger partial charge is 0.238 e. The molecule has 1 aromatic carbocycles. The largest absolute Gasteiger partial charge is 0.310 e. The summed E-state index contributed by atoms with van der Waals surface area (Å²) in [5.74, 6) is 0.625. The number of nitrogens with zero attached hydrogens (tertiary/aromatic N) is 4. The van der Waals surface area contributed by atoms with Crippen LogP contribution in [0.25, 0.3) is 10.9 Å². The molecule has 0 spiro atoms. The number of rotatable bonds is 5. The minimum Gasteiger partial charge on any atom is -0.310 e. The number of thioether (sulfide) groups is 1. The third-order valence-corrected chi connectivity index (χ3v) is 4.69. The van der Waals surface area contributed by atoms with Crippen LogP contribution in [0.1, 0.15) is 26.8 Å². The Morgan fingerprint density at radius 1 is 1.17 bits per heavy atom. The average Bonchev–Trinajstić information content (AvgIpc) is 3.03. The second-order valence-electron chi connectivity index (χ2n) is 5.70. The average molecular weight is 341 g/mol. The van der Waals surface area contributed by atoms with Gasteiger partial charge in [0.1, 0.15) is 17.2 Å². The minimum atomic E-state index is -0.293. The Bertz CT molecular complexity index is 856. The van der Waals surface area contributed by atoms with Crippen LogP contribution in [0.2, 0.25) is 0 Å². The molecule has 1 atom stereocenters. The zero-order valence-electron chi connectivity index (χ0n) is 13.8. The third-order valence-electron chi connectivity index (χ3n) is 3.57. The van der Waals surface area contributed by atoms with E-state index in [0.717, 1.165) is 15.9 Å². The van der Waals surface area contributed by atoms with Crippen LogP contribution in [0.4, 0.5) is 5.82 Å². The van der Waals surface area contributed by atoms with Crippen LogP contribution in [0.5, 0.6) is 0 Å². The van der Waals surface area contributed by atoms with Gasteiger partial charge in [0.2, 0.25) is 5.91 Å². The summed E-state index contributed by atoms with van der Waals surface area (Å²) in [5.41, 5.74) is 0.875. The van der Waals surface area contributed by atoms with Crippen LogP contribution in [0.3, 0.4) is 0 Å². The number of nitrogens with one attached hydrogen (secondary N) is 1. The van der Waals surface area contributed by atoms with Crippen molar-refractivity contribution >= 4 is 34.4 Å². The maximum absolute atomic E-state index is 12.5. The molecule has 7 heteroatoms. The van der Waals surface area contributed by atoms with Crippen LogP contribution in [0.15, 0.2) is 47.9 Å². The molecule has 1 N–H and O–H groups in total. The van der Waals surface area contributed by atoms with Crippen molar-refractivity contribution in [3.05, 3.63) is 42.9 Å². The van der Waals surface area contributed by atoms with Crippen LogP contribution < -0.4 is 5.32 Å². The number of benzene rings is 1. The number of carbonyl (C=O) groups excluding carboxylic acids is 1. The Hall–Kier alpha value is -2.41. The molecule has 124 valence electrons. The van der Waals surface area contributed by atoms with Gasteiger partial charge in [0.05, 0.1) is 17.0 Å². The molecule has 0 aliphatic carbocycles. The molecule has 0 aliphatic rings. The Balaban J connectivity index is 1.75. The lowest BCUT2D eigenvalue weighted by molar-refractivity contribution is -0.115. The molecule has 0 bridgehead atoms. The van der Waals surface area contributed by atoms with Crippen molar-refractivity contribution in [1.82, 2.24) is 19.7 Å². The van der Waals surface area contributed by atoms with E-state index in [1.165, 1.54) is 18.1 Å². The molecule has 24 heavy (non-hydrogen) atoms. The van der Waals surface area contributed by atoms with E-state index in [1.54, 1.807) is 16.9 Å². The number of amides is 1. The molecular formula is C17H19N5OS. The summed E-state index contributed by atoms with van der Waals surface area (Å²) in [6.07, 6.45) is 3.22. The summed E-state index contributed by atoms with van der Waals surface area (Å²) < 4.78 is 1.79. The zero-order chi connectivity index (χ0) is 17.1. The van der Waals surface area contributed by atoms with Crippen molar-refractivity contribution in [3.63, 3.8) is 0 Å². The summed E-state index contributed by atoms with van der Waals surface area (Å²) >= 11 is 1.42. The fourth-order valence-corrected chi connectivity index (χ4v) is 3.26. The first-order chi connectivity index (χ1) is 11.6. The van der Waals surface area contributed by atoms with Crippen molar-refractivity contribution < 1.29 is 4.79 Å². The summed E-state index contributed by atoms with van der Waals surface area (Å²) in [6.45, 7) is 5.91. The van der Waals surface area contributed by atoms with Gasteiger partial charge in [-0.1, -0.05) is 30.0 Å². The van der Waals surface area contributed by atoms with Gasteiger partial charge in [-0.2, -0.15) is 5.10 Å². The SMILES string of the molecule is CC(Sc1ncnc2ccccc12)C(=O)Nc1ccnn1C(C)C. The van der Waals surface area contributed by atoms with Crippen molar-refractivity contribution in [3.8, 4) is 0 Å². The maximum Gasteiger partial charge on any atom is 0.238 e. The maximum atomic E-state index is 12.5. The van der Waals surface area contributed by atoms with Gasteiger partial charge < -0.3 is 5.32 Å². The third kappa shape index (κ3) is 3.41. The summed E-state index contributed by atoms with van der Waals surface area (Å²) in [6, 6.07) is 9.77. The molecule has 0 radical (unpaired) electrons. The van der Waals surface area contributed by atoms with E-state index < -0.39 is 0 Å². The second-order valence-corrected chi connectivity index (χ2v) is 7.03. The second kappa shape index (κ2) is 7.00. The first kappa shape index (κ1) is 16.4. The Morgan fingerprint density at radius 3 is 2.75 bits per heavy atom. The predicted molar refractivity (Wildman–Crippen MR) is 96.1 cm³/mol. The van der Waals surface area contributed by atoms with Gasteiger partial charge >= 0.3 is 0 Å². The fourth-order valence-electron chi connectivity index (χ4n) is 2.35. The van der Waals surface area contributed by atoms with Crippen molar-refractivity contribution in [2.45, 2.75) is 37.1 Å². The monoisotopic (exact) mass is 341 g/mol. The highest BCUT2D eigenvalue weighted by Gasteiger charge is 2.18. The van der Waals surface area contributed by atoms with E-state index in [1.807, 2.05) is 45.0 Å². The van der Waals surface area contributed by atoms with Crippen molar-refractivity contribution in [2.24, 2.45) is 0 Å². The molecule has 1 unspecified atom stereocenters. The van der Waals surface area contributed by atoms with E-state index in [9.17, 15) is 4.79 Å². The first-order valence-corrected chi connectivity index (χ1v) is 8.65. The van der Waals surface area contributed by atoms with Crippen molar-refractivity contribution in [2.75, 3.05) is 5.32 Å². The molecular weight excluding hydrogens is 322 g/mol. The standard InChI is InChI=1S/C17H19N5OS/c1-11(2)22-15(8-9-20-22)21-16(23)12(3)24-17-13-6-4-5-7-14(13)18-10-19-17/h4-12H,1-3H3,(H,21,23). The number of hydrogen-bond acceptors (Lipinski definition) is 5. The van der Waals surface area contributed by atoms with Crippen LogP contribution >= 0.6 is 11.8 Å². The number of carbonyl (C=O) groups is 1. The lowest BCUT2D eigenvalue weighted by atomic mass is 10.2. The zero-order valence-corrected chi connectivity index (χ0v) is 14.6. The number of para-hydroxylation sites is 1. The normalized spacial score (nSPS) is 12.5. The van der Waals surface area contributed by atoms with Gasteiger partial charge in [-0.25, -0.2) is 14.6 Å². The molecule has 0 saturated carbocycles. The molecule has 3 aromatic rings. The number of fused-ring (bicyclic) bond motifs is 1. The lowest BCUT2D eigenvalue weighted by Crippen LogP contribution is -2.24. The first-order valence-electron chi connectivity index (χ1n) is 7.77. The minimum absolute atomic E-state index is 0.0786. The molecule has 6 nitrogen and oxygen atoms in total. The topological polar surface area (TPSA) is 72.7 Å². The predicted octanol–water partition coefficient (Wildman–Crippen LogP) is 3.53. The number of anilines is 1. The van der Waals surface area contributed by atoms with E-state index in [-0.39, 0.29) is 17.2 Å². The highest BCUT2D eigenvalue weighted by molar-refractivity contribution is 8.00. The van der Waals surface area contributed by atoms with Gasteiger partial charge in [0.15, 0.2) is 0 Å². The molecule has 0 saturated heterocycles. The van der Waals surface area contributed by atoms with Crippen LogP contribution in [0, 0.1) is 0 Å². The Labute approximate surface area is 144 Å².